The smallest absolute Gasteiger partial charge is 0.248 e. The minimum absolute atomic E-state index is 0.189. The van der Waals surface area contributed by atoms with E-state index < -0.39 is 0 Å². The lowest BCUT2D eigenvalue weighted by atomic mass is 10.1. The fourth-order valence-corrected chi connectivity index (χ4v) is 2.64. The Morgan fingerprint density at radius 1 is 0.920 bits per heavy atom. The summed E-state index contributed by atoms with van der Waals surface area (Å²) >= 11 is 0. The van der Waals surface area contributed by atoms with Gasteiger partial charge in [0.05, 0.1) is 14.2 Å². The van der Waals surface area contributed by atoms with Crippen molar-refractivity contribution in [2.45, 2.75) is 0 Å². The fraction of sp³-hybridized carbons (Fsp3) is 0.0952. The Morgan fingerprint density at radius 3 is 2.48 bits per heavy atom. The minimum Gasteiger partial charge on any atom is -0.493 e. The standard InChI is InChI=1S/C21H19NO3/c1-24-19-12-10-15(14-20(19)25-2)11-13-21(23)22-18-9-5-7-16-6-3-4-8-17(16)18/h3-14H,1-2H3,(H,22,23). The van der Waals surface area contributed by atoms with Crippen molar-refractivity contribution in [1.82, 2.24) is 0 Å². The zero-order chi connectivity index (χ0) is 17.6. The quantitative estimate of drug-likeness (QED) is 0.699. The third kappa shape index (κ3) is 3.80. The van der Waals surface area contributed by atoms with Gasteiger partial charge in [-0.1, -0.05) is 42.5 Å². The number of methoxy groups -OCH3 is 2. The van der Waals surface area contributed by atoms with E-state index in [1.807, 2.05) is 54.6 Å². The van der Waals surface area contributed by atoms with Crippen molar-refractivity contribution >= 4 is 28.4 Å². The molecule has 0 fully saturated rings. The molecule has 126 valence electrons. The van der Waals surface area contributed by atoms with Crippen LogP contribution in [0.4, 0.5) is 5.69 Å². The molecule has 0 bridgehead atoms. The Bertz CT molecular complexity index is 926. The summed E-state index contributed by atoms with van der Waals surface area (Å²) in [6, 6.07) is 19.3. The van der Waals surface area contributed by atoms with Crippen molar-refractivity contribution in [2.75, 3.05) is 19.5 Å². The van der Waals surface area contributed by atoms with Gasteiger partial charge in [0.15, 0.2) is 11.5 Å². The van der Waals surface area contributed by atoms with Crippen LogP contribution in [0.25, 0.3) is 16.8 Å². The van der Waals surface area contributed by atoms with Crippen LogP contribution in [0.1, 0.15) is 5.56 Å². The van der Waals surface area contributed by atoms with E-state index >= 15 is 0 Å². The Morgan fingerprint density at radius 2 is 1.68 bits per heavy atom. The molecule has 0 aliphatic heterocycles. The van der Waals surface area contributed by atoms with Gasteiger partial charge in [-0.2, -0.15) is 0 Å². The Labute approximate surface area is 146 Å². The summed E-state index contributed by atoms with van der Waals surface area (Å²) in [4.78, 5) is 12.3. The van der Waals surface area contributed by atoms with Crippen LogP contribution in [0.2, 0.25) is 0 Å². The number of rotatable bonds is 5. The zero-order valence-corrected chi connectivity index (χ0v) is 14.2. The Balaban J connectivity index is 1.77. The maximum absolute atomic E-state index is 12.3. The predicted octanol–water partition coefficient (Wildman–Crippen LogP) is 4.51. The highest BCUT2D eigenvalue weighted by Crippen LogP contribution is 2.28. The number of anilines is 1. The Hall–Kier alpha value is -3.27. The number of amides is 1. The topological polar surface area (TPSA) is 47.6 Å². The Kier molecular flexibility index (Phi) is 5.00. The van der Waals surface area contributed by atoms with Gasteiger partial charge in [0, 0.05) is 17.1 Å². The predicted molar refractivity (Wildman–Crippen MR) is 101 cm³/mol. The largest absolute Gasteiger partial charge is 0.493 e. The van der Waals surface area contributed by atoms with Crippen LogP contribution in [-0.2, 0) is 4.79 Å². The lowest BCUT2D eigenvalue weighted by Gasteiger charge is -2.08. The second-order valence-electron chi connectivity index (χ2n) is 5.46. The summed E-state index contributed by atoms with van der Waals surface area (Å²) in [6.07, 6.45) is 3.24. The minimum atomic E-state index is -0.189. The number of fused-ring (bicyclic) bond motifs is 1. The van der Waals surface area contributed by atoms with Crippen molar-refractivity contribution in [3.05, 3.63) is 72.3 Å². The first-order chi connectivity index (χ1) is 12.2. The summed E-state index contributed by atoms with van der Waals surface area (Å²) in [7, 11) is 3.17. The highest BCUT2D eigenvalue weighted by atomic mass is 16.5. The lowest BCUT2D eigenvalue weighted by molar-refractivity contribution is -0.111. The molecule has 0 unspecified atom stereocenters. The van der Waals surface area contributed by atoms with Gasteiger partial charge in [0.2, 0.25) is 5.91 Å². The molecule has 4 nitrogen and oxygen atoms in total. The molecule has 0 aliphatic carbocycles. The number of nitrogens with one attached hydrogen (secondary N) is 1. The molecule has 0 heterocycles. The molecule has 0 spiro atoms. The summed E-state index contributed by atoms with van der Waals surface area (Å²) < 4.78 is 10.5. The van der Waals surface area contributed by atoms with Crippen LogP contribution in [0, 0.1) is 0 Å². The highest BCUT2D eigenvalue weighted by Gasteiger charge is 2.05. The molecule has 0 saturated heterocycles. The van der Waals surface area contributed by atoms with Gasteiger partial charge < -0.3 is 14.8 Å². The second kappa shape index (κ2) is 7.53. The molecule has 1 amide bonds. The third-order valence-corrected chi connectivity index (χ3v) is 3.88. The van der Waals surface area contributed by atoms with E-state index in [9.17, 15) is 4.79 Å². The number of benzene rings is 3. The maximum atomic E-state index is 12.3. The van der Waals surface area contributed by atoms with Crippen LogP contribution in [0.15, 0.2) is 66.7 Å². The van der Waals surface area contributed by atoms with Crippen LogP contribution >= 0.6 is 0 Å². The van der Waals surface area contributed by atoms with Crippen molar-refractivity contribution in [2.24, 2.45) is 0 Å². The van der Waals surface area contributed by atoms with Gasteiger partial charge in [-0.15, -0.1) is 0 Å². The molecule has 4 heteroatoms. The van der Waals surface area contributed by atoms with Gasteiger partial charge in [-0.05, 0) is 35.2 Å². The van der Waals surface area contributed by atoms with Crippen LogP contribution in [-0.4, -0.2) is 20.1 Å². The van der Waals surface area contributed by atoms with Crippen molar-refractivity contribution in [1.29, 1.82) is 0 Å². The summed E-state index contributed by atoms with van der Waals surface area (Å²) in [5.41, 5.74) is 1.64. The monoisotopic (exact) mass is 333 g/mol. The van der Waals surface area contributed by atoms with Gasteiger partial charge in [-0.3, -0.25) is 4.79 Å². The van der Waals surface area contributed by atoms with Crippen LogP contribution in [0.5, 0.6) is 11.5 Å². The SMILES string of the molecule is COc1ccc(C=CC(=O)Nc2cccc3ccccc23)cc1OC. The molecule has 0 atom stereocenters. The van der Waals surface area contributed by atoms with Crippen molar-refractivity contribution in [3.63, 3.8) is 0 Å². The maximum Gasteiger partial charge on any atom is 0.248 e. The number of carbonyl (C=O) groups excluding carboxylic acids is 1. The van der Waals surface area contributed by atoms with E-state index in [1.54, 1.807) is 26.4 Å². The van der Waals surface area contributed by atoms with Crippen molar-refractivity contribution < 1.29 is 14.3 Å². The molecule has 0 aromatic heterocycles. The molecule has 0 saturated carbocycles. The zero-order valence-electron chi connectivity index (χ0n) is 14.2. The van der Waals surface area contributed by atoms with Gasteiger partial charge in [0.25, 0.3) is 0 Å². The molecule has 25 heavy (non-hydrogen) atoms. The summed E-state index contributed by atoms with van der Waals surface area (Å²) in [5, 5.41) is 5.02. The fourth-order valence-electron chi connectivity index (χ4n) is 2.64. The average Bonchev–Trinajstić information content (AvgIpc) is 2.66. The van der Waals surface area contributed by atoms with E-state index in [0.717, 1.165) is 22.0 Å². The molecule has 0 radical (unpaired) electrons. The molecule has 3 aromatic carbocycles. The number of hydrogen-bond donors (Lipinski definition) is 1. The van der Waals surface area contributed by atoms with E-state index in [4.69, 9.17) is 9.47 Å². The molecule has 1 N–H and O–H groups in total. The van der Waals surface area contributed by atoms with Crippen LogP contribution in [0.3, 0.4) is 0 Å². The van der Waals surface area contributed by atoms with E-state index in [1.165, 1.54) is 6.08 Å². The molecule has 0 aliphatic rings. The number of hydrogen-bond acceptors (Lipinski definition) is 3. The molecular weight excluding hydrogens is 314 g/mol. The number of ether oxygens (including phenoxy) is 2. The highest BCUT2D eigenvalue weighted by molar-refractivity contribution is 6.07. The van der Waals surface area contributed by atoms with Gasteiger partial charge in [-0.25, -0.2) is 0 Å². The molecule has 3 aromatic rings. The normalized spacial score (nSPS) is 10.8. The first-order valence-corrected chi connectivity index (χ1v) is 7.90. The van der Waals surface area contributed by atoms with Crippen LogP contribution < -0.4 is 14.8 Å². The van der Waals surface area contributed by atoms with E-state index in [-0.39, 0.29) is 5.91 Å². The van der Waals surface area contributed by atoms with Gasteiger partial charge >= 0.3 is 0 Å². The molecule has 3 rings (SSSR count). The first kappa shape index (κ1) is 16.6. The second-order valence-corrected chi connectivity index (χ2v) is 5.46. The summed E-state index contributed by atoms with van der Waals surface area (Å²) in [5.74, 6) is 1.09. The lowest BCUT2D eigenvalue weighted by Crippen LogP contribution is -2.08. The van der Waals surface area contributed by atoms with Gasteiger partial charge in [0.1, 0.15) is 0 Å². The van der Waals surface area contributed by atoms with E-state index in [2.05, 4.69) is 5.32 Å². The average molecular weight is 333 g/mol. The third-order valence-electron chi connectivity index (χ3n) is 3.88. The molecular formula is C21H19NO3. The van der Waals surface area contributed by atoms with E-state index in [0.29, 0.717) is 11.5 Å². The number of carbonyl (C=O) groups is 1. The van der Waals surface area contributed by atoms with Crippen molar-refractivity contribution in [3.8, 4) is 11.5 Å². The summed E-state index contributed by atoms with van der Waals surface area (Å²) in [6.45, 7) is 0. The first-order valence-electron chi connectivity index (χ1n) is 7.90.